The molecule has 4 heterocycles. The summed E-state index contributed by atoms with van der Waals surface area (Å²) in [5, 5.41) is 0.870. The summed E-state index contributed by atoms with van der Waals surface area (Å²) in [6, 6.07) is 5.76. The number of halogens is 1. The van der Waals surface area contributed by atoms with Crippen LogP contribution in [-0.4, -0.2) is 106 Å². The van der Waals surface area contributed by atoms with Crippen LogP contribution in [0.3, 0.4) is 0 Å². The molecule has 0 bridgehead atoms. The number of benzene rings is 1. The topological polar surface area (TPSA) is 124 Å². The Kier molecular flexibility index (Phi) is 8.29. The highest BCUT2D eigenvalue weighted by Gasteiger charge is 2.38. The Balaban J connectivity index is 1.20. The van der Waals surface area contributed by atoms with Gasteiger partial charge in [0, 0.05) is 48.2 Å². The highest BCUT2D eigenvalue weighted by molar-refractivity contribution is 7.92. The van der Waals surface area contributed by atoms with Crippen LogP contribution in [0.15, 0.2) is 28.5 Å². The van der Waals surface area contributed by atoms with Crippen molar-refractivity contribution in [1.82, 2.24) is 19.4 Å². The van der Waals surface area contributed by atoms with Gasteiger partial charge in [-0.05, 0) is 68.3 Å². The van der Waals surface area contributed by atoms with E-state index in [1.54, 1.807) is 29.2 Å². The number of carbonyl (C=O) groups excluding carboxylic acids is 2. The second-order valence-corrected chi connectivity index (χ2v) is 16.5. The van der Waals surface area contributed by atoms with Crippen LogP contribution in [0.4, 0.5) is 0 Å². The second kappa shape index (κ2) is 11.2. The van der Waals surface area contributed by atoms with Gasteiger partial charge in [-0.3, -0.25) is 14.5 Å². The zero-order valence-corrected chi connectivity index (χ0v) is 24.9. The van der Waals surface area contributed by atoms with Crippen molar-refractivity contribution in [2.75, 3.05) is 45.5 Å². The molecule has 0 radical (unpaired) electrons. The summed E-state index contributed by atoms with van der Waals surface area (Å²) < 4.78 is 53.5. The monoisotopic (exact) mass is 616 g/mol. The number of thiophene rings is 1. The van der Waals surface area contributed by atoms with Crippen molar-refractivity contribution in [1.29, 1.82) is 0 Å². The molecule has 3 fully saturated rings. The van der Waals surface area contributed by atoms with E-state index in [0.29, 0.717) is 57.0 Å². The smallest absolute Gasteiger partial charge is 0.250 e. The molecule has 0 aliphatic carbocycles. The van der Waals surface area contributed by atoms with Crippen molar-refractivity contribution < 1.29 is 26.4 Å². The summed E-state index contributed by atoms with van der Waals surface area (Å²) in [5.74, 6) is -0.553. The number of amides is 2. The third-order valence-electron chi connectivity index (χ3n) is 7.88. The van der Waals surface area contributed by atoms with Gasteiger partial charge < -0.3 is 9.80 Å². The molecule has 3 saturated heterocycles. The number of sulfone groups is 1. The van der Waals surface area contributed by atoms with Crippen LogP contribution in [0.1, 0.15) is 32.1 Å². The van der Waals surface area contributed by atoms with E-state index >= 15 is 0 Å². The second-order valence-electron chi connectivity index (χ2n) is 10.7. The summed E-state index contributed by atoms with van der Waals surface area (Å²) in [6.45, 7) is 2.69. The Labute approximate surface area is 238 Å². The predicted octanol–water partition coefficient (Wildman–Crippen LogP) is 1.93. The minimum Gasteiger partial charge on any atom is -0.337 e. The molecule has 2 aromatic rings. The van der Waals surface area contributed by atoms with Crippen LogP contribution in [0.5, 0.6) is 0 Å². The third-order valence-corrected chi connectivity index (χ3v) is 12.8. The Bertz CT molecular complexity index is 1480. The Morgan fingerprint density at radius 1 is 1.08 bits per heavy atom. The zero-order valence-electron chi connectivity index (χ0n) is 21.7. The maximum absolute atomic E-state index is 13.3. The van der Waals surface area contributed by atoms with Crippen LogP contribution in [0, 0.1) is 0 Å². The Hall–Kier alpha value is -1.77. The van der Waals surface area contributed by atoms with Crippen molar-refractivity contribution >= 4 is 64.7 Å². The van der Waals surface area contributed by atoms with Crippen LogP contribution in [-0.2, 0) is 29.4 Å². The quantitative estimate of drug-likeness (QED) is 0.481. The molecule has 10 nitrogen and oxygen atoms in total. The number of nitrogens with one attached hydrogen (secondary N) is 1. The summed E-state index contributed by atoms with van der Waals surface area (Å²) >= 11 is 7.14. The molecule has 1 aromatic carbocycles. The van der Waals surface area contributed by atoms with Gasteiger partial charge in [0.05, 0.1) is 11.8 Å². The lowest BCUT2D eigenvalue weighted by Crippen LogP contribution is -2.55. The first-order valence-corrected chi connectivity index (χ1v) is 17.7. The highest BCUT2D eigenvalue weighted by Crippen LogP contribution is 2.31. The van der Waals surface area contributed by atoms with Gasteiger partial charge in [0.1, 0.15) is 10.3 Å². The van der Waals surface area contributed by atoms with Crippen molar-refractivity contribution in [3.8, 4) is 0 Å². The minimum atomic E-state index is -3.94. The Morgan fingerprint density at radius 2 is 1.85 bits per heavy atom. The van der Waals surface area contributed by atoms with Crippen LogP contribution < -0.4 is 4.72 Å². The van der Waals surface area contributed by atoms with E-state index in [1.165, 1.54) is 11.2 Å². The molecular formula is C25H33ClN4O6S3. The van der Waals surface area contributed by atoms with Crippen molar-refractivity contribution in [2.24, 2.45) is 0 Å². The molecule has 39 heavy (non-hydrogen) atoms. The number of hydrogen-bond donors (Lipinski definition) is 1. The number of piperidine rings is 1. The van der Waals surface area contributed by atoms with E-state index < -0.39 is 31.8 Å². The van der Waals surface area contributed by atoms with Gasteiger partial charge in [0.15, 0.2) is 9.84 Å². The lowest BCUT2D eigenvalue weighted by atomic mass is 10.1. The number of rotatable bonds is 8. The first kappa shape index (κ1) is 28.7. The first-order chi connectivity index (χ1) is 18.4. The standard InChI is InChI=1S/C25H33ClN4O6S3/c1-38(33,34)20-8-11-28(15-20)14-19-4-2-10-30(19)23(31)16-29-9-3-5-21(25(29)32)27-39(35,36)24-13-17-12-18(26)6-7-22(17)37-24/h6-7,12-13,19-21,27H,2-5,8-11,14-16H2,1H3/t19-,20?,21-/m0/s1. The fraction of sp³-hybridized carbons (Fsp3) is 0.600. The summed E-state index contributed by atoms with van der Waals surface area (Å²) in [4.78, 5) is 31.9. The molecule has 0 saturated carbocycles. The van der Waals surface area contributed by atoms with E-state index in [2.05, 4.69) is 9.62 Å². The molecule has 2 amide bonds. The molecule has 3 aliphatic rings. The third kappa shape index (κ3) is 6.43. The molecule has 5 rings (SSSR count). The average molecular weight is 617 g/mol. The van der Waals surface area contributed by atoms with Gasteiger partial charge in [-0.15, -0.1) is 11.3 Å². The number of carbonyl (C=O) groups is 2. The number of fused-ring (bicyclic) bond motifs is 1. The van der Waals surface area contributed by atoms with E-state index in [9.17, 15) is 26.4 Å². The summed E-state index contributed by atoms with van der Waals surface area (Å²) in [7, 11) is -7.03. The maximum Gasteiger partial charge on any atom is 0.250 e. The molecule has 1 N–H and O–H groups in total. The molecule has 3 atom stereocenters. The summed E-state index contributed by atoms with van der Waals surface area (Å²) in [5.41, 5.74) is 0. The Morgan fingerprint density at radius 3 is 2.59 bits per heavy atom. The molecule has 1 unspecified atom stereocenters. The molecule has 3 aliphatic heterocycles. The average Bonchev–Trinajstić information content (AvgIpc) is 3.61. The van der Waals surface area contributed by atoms with Gasteiger partial charge in [-0.25, -0.2) is 16.8 Å². The molecule has 0 spiro atoms. The number of sulfonamides is 1. The fourth-order valence-electron chi connectivity index (χ4n) is 5.79. The van der Waals surface area contributed by atoms with Crippen LogP contribution >= 0.6 is 22.9 Å². The normalized spacial score (nSPS) is 25.2. The van der Waals surface area contributed by atoms with Gasteiger partial charge in [-0.2, -0.15) is 4.72 Å². The van der Waals surface area contributed by atoms with Gasteiger partial charge in [0.25, 0.3) is 10.0 Å². The fourth-order valence-corrected chi connectivity index (χ4v) is 9.61. The van der Waals surface area contributed by atoms with Gasteiger partial charge in [-0.1, -0.05) is 11.6 Å². The molecular weight excluding hydrogens is 584 g/mol. The van der Waals surface area contributed by atoms with Crippen molar-refractivity contribution in [2.45, 2.75) is 53.6 Å². The van der Waals surface area contributed by atoms with Crippen LogP contribution in [0.25, 0.3) is 10.1 Å². The van der Waals surface area contributed by atoms with Crippen molar-refractivity contribution in [3.05, 3.63) is 29.3 Å². The zero-order chi connectivity index (χ0) is 27.9. The molecule has 214 valence electrons. The predicted molar refractivity (Wildman–Crippen MR) is 151 cm³/mol. The number of hydrogen-bond acceptors (Lipinski definition) is 8. The largest absolute Gasteiger partial charge is 0.337 e. The maximum atomic E-state index is 13.3. The lowest BCUT2D eigenvalue weighted by molar-refractivity contribution is -0.143. The summed E-state index contributed by atoms with van der Waals surface area (Å²) in [6.07, 6.45) is 4.52. The molecule has 1 aromatic heterocycles. The van der Waals surface area contributed by atoms with Gasteiger partial charge in [0.2, 0.25) is 11.8 Å². The lowest BCUT2D eigenvalue weighted by Gasteiger charge is -2.34. The first-order valence-electron chi connectivity index (χ1n) is 13.1. The van der Waals surface area contributed by atoms with E-state index in [4.69, 9.17) is 11.6 Å². The van der Waals surface area contributed by atoms with Crippen LogP contribution in [0.2, 0.25) is 5.02 Å². The highest BCUT2D eigenvalue weighted by atomic mass is 35.5. The van der Waals surface area contributed by atoms with Gasteiger partial charge >= 0.3 is 0 Å². The van der Waals surface area contributed by atoms with Crippen molar-refractivity contribution in [3.63, 3.8) is 0 Å². The number of likely N-dealkylation sites (tertiary alicyclic amines) is 3. The number of nitrogens with zero attached hydrogens (tertiary/aromatic N) is 3. The minimum absolute atomic E-state index is 0.0218. The molecule has 14 heteroatoms. The van der Waals surface area contributed by atoms with E-state index in [-0.39, 0.29) is 28.0 Å². The van der Waals surface area contributed by atoms with E-state index in [0.717, 1.165) is 34.3 Å². The van der Waals surface area contributed by atoms with E-state index in [1.807, 2.05) is 0 Å². The SMILES string of the molecule is CS(=O)(=O)C1CCN(C[C@@H]2CCCN2C(=O)CN2CCC[C@H](NS(=O)(=O)c3cc4cc(Cl)ccc4s3)C2=O)C1.